The Hall–Kier alpha value is -1.60. The molecule has 3 aromatic rings. The van der Waals surface area contributed by atoms with E-state index in [-0.39, 0.29) is 4.90 Å². The van der Waals surface area contributed by atoms with Crippen LogP contribution in [0.2, 0.25) is 10.0 Å². The third-order valence-corrected chi connectivity index (χ3v) is 5.73. The molecule has 0 aliphatic rings. The van der Waals surface area contributed by atoms with E-state index in [2.05, 4.69) is 10.2 Å². The standard InChI is InChI=1S/C16H12Cl2N2O2S2/c1-24(21,22)11-5-2-9(3-6-11)15-14(16(23)20-19-15)10-4-7-12(17)13(18)8-10/h2-8H,1H3,(H2,19,20,23). The zero-order chi connectivity index (χ0) is 17.5. The lowest BCUT2D eigenvalue weighted by Gasteiger charge is -2.06. The lowest BCUT2D eigenvalue weighted by atomic mass is 10.0. The van der Waals surface area contributed by atoms with Crippen LogP contribution in [0.3, 0.4) is 0 Å². The topological polar surface area (TPSA) is 65.7 Å². The summed E-state index contributed by atoms with van der Waals surface area (Å²) >= 11 is 17.4. The van der Waals surface area contributed by atoms with Crippen LogP contribution < -0.4 is 0 Å². The first-order valence-corrected chi connectivity index (χ1v) is 9.89. The normalized spacial score (nSPS) is 11.6. The summed E-state index contributed by atoms with van der Waals surface area (Å²) in [6, 6.07) is 11.9. The Balaban J connectivity index is 2.14. The average molecular weight is 399 g/mol. The second-order valence-electron chi connectivity index (χ2n) is 5.25. The zero-order valence-electron chi connectivity index (χ0n) is 12.4. The first kappa shape index (κ1) is 17.2. The highest BCUT2D eigenvalue weighted by molar-refractivity contribution is 7.90. The fraction of sp³-hybridized carbons (Fsp3) is 0.0625. The molecule has 1 heterocycles. The molecule has 1 aromatic heterocycles. The Morgan fingerprint density at radius 1 is 0.917 bits per heavy atom. The highest BCUT2D eigenvalue weighted by Crippen LogP contribution is 2.35. The fourth-order valence-corrected chi connectivity index (χ4v) is 3.57. The summed E-state index contributed by atoms with van der Waals surface area (Å²) in [4.78, 5) is 0.261. The van der Waals surface area contributed by atoms with Crippen LogP contribution in [0, 0.1) is 4.64 Å². The van der Waals surface area contributed by atoms with Crippen molar-refractivity contribution in [2.45, 2.75) is 4.90 Å². The Labute approximate surface area is 154 Å². The van der Waals surface area contributed by atoms with E-state index in [1.54, 1.807) is 36.4 Å². The van der Waals surface area contributed by atoms with Gasteiger partial charge in [0.2, 0.25) is 0 Å². The maximum atomic E-state index is 11.6. The third-order valence-electron chi connectivity index (χ3n) is 3.56. The first-order valence-electron chi connectivity index (χ1n) is 6.84. The van der Waals surface area contributed by atoms with Crippen molar-refractivity contribution < 1.29 is 8.42 Å². The average Bonchev–Trinajstić information content (AvgIpc) is 2.91. The van der Waals surface area contributed by atoms with Gasteiger partial charge in [-0.25, -0.2) is 8.42 Å². The Morgan fingerprint density at radius 3 is 2.12 bits per heavy atom. The van der Waals surface area contributed by atoms with Crippen LogP contribution in [-0.4, -0.2) is 24.9 Å². The van der Waals surface area contributed by atoms with Crippen LogP contribution in [0.1, 0.15) is 0 Å². The van der Waals surface area contributed by atoms with Crippen molar-refractivity contribution in [1.29, 1.82) is 0 Å². The van der Waals surface area contributed by atoms with Crippen molar-refractivity contribution in [1.82, 2.24) is 10.2 Å². The van der Waals surface area contributed by atoms with Gasteiger partial charge in [0.05, 0.1) is 20.6 Å². The van der Waals surface area contributed by atoms with Crippen LogP contribution in [-0.2, 0) is 9.84 Å². The first-order chi connectivity index (χ1) is 11.3. The Bertz CT molecular complexity index is 1070. The molecule has 0 amide bonds. The molecule has 0 atom stereocenters. The van der Waals surface area contributed by atoms with E-state index < -0.39 is 9.84 Å². The van der Waals surface area contributed by atoms with Gasteiger partial charge in [-0.15, -0.1) is 0 Å². The predicted molar refractivity (Wildman–Crippen MR) is 100.0 cm³/mol. The molecular formula is C16H12Cl2N2O2S2. The lowest BCUT2D eigenvalue weighted by Crippen LogP contribution is -1.96. The number of hydrogen-bond donors (Lipinski definition) is 2. The van der Waals surface area contributed by atoms with Gasteiger partial charge in [-0.3, -0.25) is 10.2 Å². The van der Waals surface area contributed by atoms with Crippen molar-refractivity contribution in [3.8, 4) is 22.4 Å². The molecule has 2 N–H and O–H groups in total. The van der Waals surface area contributed by atoms with Crippen molar-refractivity contribution in [2.75, 3.05) is 6.26 Å². The number of nitrogens with one attached hydrogen (secondary N) is 2. The maximum Gasteiger partial charge on any atom is 0.175 e. The monoisotopic (exact) mass is 398 g/mol. The van der Waals surface area contributed by atoms with E-state index in [1.807, 2.05) is 6.07 Å². The molecule has 0 spiro atoms. The quantitative estimate of drug-likeness (QED) is 0.601. The molecule has 4 nitrogen and oxygen atoms in total. The van der Waals surface area contributed by atoms with Crippen molar-refractivity contribution in [2.24, 2.45) is 0 Å². The molecule has 0 aliphatic heterocycles. The molecule has 124 valence electrons. The van der Waals surface area contributed by atoms with Crippen LogP contribution in [0.15, 0.2) is 47.4 Å². The zero-order valence-corrected chi connectivity index (χ0v) is 15.6. The molecule has 0 unspecified atom stereocenters. The number of sulfone groups is 1. The molecule has 2 aromatic carbocycles. The second kappa shape index (κ2) is 6.37. The summed E-state index contributed by atoms with van der Waals surface area (Å²) in [6.45, 7) is 0. The van der Waals surface area contributed by atoms with E-state index in [1.165, 1.54) is 6.26 Å². The minimum Gasteiger partial charge on any atom is -0.299 e. The second-order valence-corrected chi connectivity index (χ2v) is 8.49. The molecule has 8 heteroatoms. The smallest absolute Gasteiger partial charge is 0.175 e. The summed E-state index contributed by atoms with van der Waals surface area (Å²) < 4.78 is 23.7. The van der Waals surface area contributed by atoms with Gasteiger partial charge in [-0.1, -0.05) is 53.6 Å². The number of benzene rings is 2. The van der Waals surface area contributed by atoms with E-state index in [9.17, 15) is 8.42 Å². The van der Waals surface area contributed by atoms with Crippen LogP contribution in [0.5, 0.6) is 0 Å². The summed E-state index contributed by atoms with van der Waals surface area (Å²) in [6.07, 6.45) is 1.17. The van der Waals surface area contributed by atoms with Crippen LogP contribution in [0.25, 0.3) is 22.4 Å². The molecule has 0 radical (unpaired) electrons. The van der Waals surface area contributed by atoms with E-state index in [0.717, 1.165) is 22.4 Å². The van der Waals surface area contributed by atoms with Gasteiger partial charge in [0, 0.05) is 17.4 Å². The molecular weight excluding hydrogens is 387 g/mol. The van der Waals surface area contributed by atoms with E-state index in [4.69, 9.17) is 35.4 Å². The molecule has 24 heavy (non-hydrogen) atoms. The van der Waals surface area contributed by atoms with Crippen LogP contribution in [0.4, 0.5) is 0 Å². The molecule has 0 saturated heterocycles. The predicted octanol–water partition coefficient (Wildman–Crippen LogP) is 5.12. The number of H-pyrrole nitrogens is 2. The van der Waals surface area contributed by atoms with E-state index in [0.29, 0.717) is 14.7 Å². The highest BCUT2D eigenvalue weighted by atomic mass is 35.5. The maximum absolute atomic E-state index is 11.6. The van der Waals surface area contributed by atoms with Gasteiger partial charge in [0.25, 0.3) is 0 Å². The summed E-state index contributed by atoms with van der Waals surface area (Å²) in [5.74, 6) is 0. The third kappa shape index (κ3) is 3.28. The molecule has 0 aliphatic carbocycles. The molecule has 0 bridgehead atoms. The highest BCUT2D eigenvalue weighted by Gasteiger charge is 2.14. The van der Waals surface area contributed by atoms with Gasteiger partial charge in [0.1, 0.15) is 4.64 Å². The fourth-order valence-electron chi connectivity index (χ4n) is 2.37. The summed E-state index contributed by atoms with van der Waals surface area (Å²) in [5, 5.41) is 6.83. The number of hydrogen-bond acceptors (Lipinski definition) is 3. The number of aromatic amines is 2. The Morgan fingerprint density at radius 2 is 1.54 bits per heavy atom. The van der Waals surface area contributed by atoms with Crippen molar-refractivity contribution in [3.05, 3.63) is 57.2 Å². The largest absolute Gasteiger partial charge is 0.299 e. The van der Waals surface area contributed by atoms with Gasteiger partial charge in [0.15, 0.2) is 9.84 Å². The van der Waals surface area contributed by atoms with Gasteiger partial charge in [-0.2, -0.15) is 0 Å². The SMILES string of the molecule is CS(=O)(=O)c1ccc(-c2[nH][nH]c(=S)c2-c2ccc(Cl)c(Cl)c2)cc1. The minimum atomic E-state index is -3.24. The van der Waals surface area contributed by atoms with E-state index >= 15 is 0 Å². The number of halogens is 2. The molecule has 0 fully saturated rings. The summed E-state index contributed by atoms with van der Waals surface area (Å²) in [5.41, 5.74) is 3.14. The Kier molecular flexibility index (Phi) is 4.57. The van der Waals surface area contributed by atoms with Crippen molar-refractivity contribution in [3.63, 3.8) is 0 Å². The van der Waals surface area contributed by atoms with Gasteiger partial charge >= 0.3 is 0 Å². The van der Waals surface area contributed by atoms with Crippen molar-refractivity contribution >= 4 is 45.3 Å². The summed E-state index contributed by atoms with van der Waals surface area (Å²) in [7, 11) is -3.24. The molecule has 3 rings (SSSR count). The van der Waals surface area contributed by atoms with Gasteiger partial charge in [-0.05, 0) is 29.8 Å². The lowest BCUT2D eigenvalue weighted by molar-refractivity contribution is 0.602. The number of rotatable bonds is 3. The van der Waals surface area contributed by atoms with Crippen LogP contribution >= 0.6 is 35.4 Å². The molecule has 0 saturated carbocycles. The minimum absolute atomic E-state index is 0.261. The van der Waals surface area contributed by atoms with Gasteiger partial charge < -0.3 is 0 Å². The number of aromatic nitrogens is 2.